The second-order valence-corrected chi connectivity index (χ2v) is 5.93. The van der Waals surface area contributed by atoms with E-state index in [0.29, 0.717) is 24.2 Å². The number of carbonyl (C=O) groups excluding carboxylic acids is 1. The summed E-state index contributed by atoms with van der Waals surface area (Å²) in [5.74, 6) is 1.38. The van der Waals surface area contributed by atoms with Gasteiger partial charge in [-0.05, 0) is 37.0 Å². The molecule has 4 unspecified atom stereocenters. The summed E-state index contributed by atoms with van der Waals surface area (Å²) in [4.78, 5) is 11.9. The van der Waals surface area contributed by atoms with Crippen molar-refractivity contribution in [2.24, 2.45) is 23.5 Å². The van der Waals surface area contributed by atoms with Crippen molar-refractivity contribution in [1.82, 2.24) is 0 Å². The Balaban J connectivity index is 2.60. The highest BCUT2D eigenvalue weighted by Gasteiger charge is 2.34. The van der Waals surface area contributed by atoms with Crippen LogP contribution in [0.4, 0.5) is 0 Å². The van der Waals surface area contributed by atoms with Crippen LogP contribution in [-0.4, -0.2) is 18.1 Å². The molecule has 1 fully saturated rings. The third kappa shape index (κ3) is 4.13. The molecule has 0 spiro atoms. The summed E-state index contributed by atoms with van der Waals surface area (Å²) < 4.78 is 5.64. The summed E-state index contributed by atoms with van der Waals surface area (Å²) >= 11 is 0. The van der Waals surface area contributed by atoms with Crippen LogP contribution in [0.2, 0.25) is 0 Å². The molecule has 4 atom stereocenters. The molecule has 0 heterocycles. The maximum atomic E-state index is 11.9. The monoisotopic (exact) mass is 253 g/mol. The molecule has 0 aromatic rings. The lowest BCUT2D eigenvalue weighted by Gasteiger charge is -2.37. The molecular weight excluding hydrogens is 226 g/mol. The second-order valence-electron chi connectivity index (χ2n) is 5.93. The van der Waals surface area contributed by atoms with E-state index in [9.17, 15) is 4.79 Å². The molecule has 0 aromatic heterocycles. The van der Waals surface area contributed by atoms with Crippen molar-refractivity contribution in [2.75, 3.05) is 0 Å². The van der Waals surface area contributed by atoms with E-state index < -0.39 is 6.04 Å². The number of ether oxygens (including phenoxy) is 1. The molecule has 104 valence electrons. The molecule has 0 amide bonds. The Bertz CT molecular complexity index is 288. The highest BCUT2D eigenvalue weighted by Crippen LogP contribution is 2.35. The summed E-state index contributed by atoms with van der Waals surface area (Å²) in [6.07, 6.45) is 5.53. The van der Waals surface area contributed by atoms with Crippen LogP contribution >= 0.6 is 0 Å². The lowest BCUT2D eigenvalue weighted by atomic mass is 9.75. The highest BCUT2D eigenvalue weighted by atomic mass is 16.5. The molecule has 0 saturated heterocycles. The van der Waals surface area contributed by atoms with Gasteiger partial charge < -0.3 is 10.5 Å². The van der Waals surface area contributed by atoms with E-state index in [-0.39, 0.29) is 12.1 Å². The number of nitrogens with two attached hydrogens (primary N) is 1. The summed E-state index contributed by atoms with van der Waals surface area (Å²) in [6.45, 7) is 10.2. The van der Waals surface area contributed by atoms with E-state index in [2.05, 4.69) is 27.4 Å². The van der Waals surface area contributed by atoms with Gasteiger partial charge in [-0.15, -0.1) is 6.58 Å². The van der Waals surface area contributed by atoms with Gasteiger partial charge >= 0.3 is 5.97 Å². The summed E-state index contributed by atoms with van der Waals surface area (Å²) in [5, 5.41) is 0. The normalized spacial score (nSPS) is 29.9. The Labute approximate surface area is 111 Å². The van der Waals surface area contributed by atoms with Gasteiger partial charge in [0.15, 0.2) is 0 Å². The van der Waals surface area contributed by atoms with Crippen LogP contribution in [0.15, 0.2) is 12.7 Å². The van der Waals surface area contributed by atoms with Gasteiger partial charge in [0.25, 0.3) is 0 Å². The molecular formula is C15H27NO2. The zero-order chi connectivity index (χ0) is 13.7. The minimum absolute atomic E-state index is 0.0390. The van der Waals surface area contributed by atoms with Crippen LogP contribution in [0.25, 0.3) is 0 Å². The largest absolute Gasteiger partial charge is 0.461 e. The van der Waals surface area contributed by atoms with Gasteiger partial charge in [-0.2, -0.15) is 0 Å². The number of carbonyl (C=O) groups is 1. The van der Waals surface area contributed by atoms with Gasteiger partial charge in [0.1, 0.15) is 12.1 Å². The molecule has 1 saturated carbocycles. The first-order chi connectivity index (χ1) is 8.45. The summed E-state index contributed by atoms with van der Waals surface area (Å²) in [5.41, 5.74) is 5.76. The van der Waals surface area contributed by atoms with Crippen molar-refractivity contribution >= 4 is 5.97 Å². The molecule has 3 heteroatoms. The minimum atomic E-state index is -0.562. The maximum Gasteiger partial charge on any atom is 0.323 e. The molecule has 1 aliphatic rings. The molecule has 1 aliphatic carbocycles. The standard InChI is InChI=1S/C15H27NO2/c1-5-6-13(16)15(17)18-14-9-11(4)7-8-12(14)10(2)3/h5,10-14H,1,6-9,16H2,2-4H3. The van der Waals surface area contributed by atoms with E-state index in [4.69, 9.17) is 10.5 Å². The third-order valence-electron chi connectivity index (χ3n) is 3.95. The van der Waals surface area contributed by atoms with Crippen LogP contribution in [0.3, 0.4) is 0 Å². The Kier molecular flexibility index (Phi) is 5.86. The first-order valence-corrected chi connectivity index (χ1v) is 7.02. The number of rotatable bonds is 5. The van der Waals surface area contributed by atoms with Crippen molar-refractivity contribution in [2.45, 2.75) is 58.6 Å². The second kappa shape index (κ2) is 6.93. The van der Waals surface area contributed by atoms with Gasteiger partial charge in [0.2, 0.25) is 0 Å². The Morgan fingerprint density at radius 3 is 2.72 bits per heavy atom. The molecule has 0 radical (unpaired) electrons. The van der Waals surface area contributed by atoms with Gasteiger partial charge in [-0.3, -0.25) is 4.79 Å². The molecule has 3 nitrogen and oxygen atoms in total. The lowest BCUT2D eigenvalue weighted by Crippen LogP contribution is -2.40. The lowest BCUT2D eigenvalue weighted by molar-refractivity contribution is -0.157. The quantitative estimate of drug-likeness (QED) is 0.605. The highest BCUT2D eigenvalue weighted by molar-refractivity contribution is 5.75. The van der Waals surface area contributed by atoms with Crippen LogP contribution in [0, 0.1) is 17.8 Å². The van der Waals surface area contributed by atoms with E-state index in [0.717, 1.165) is 12.8 Å². The number of hydrogen-bond donors (Lipinski definition) is 1. The average Bonchev–Trinajstić information content (AvgIpc) is 2.28. The zero-order valence-corrected chi connectivity index (χ0v) is 11.9. The fourth-order valence-corrected chi connectivity index (χ4v) is 2.76. The van der Waals surface area contributed by atoms with E-state index in [1.54, 1.807) is 6.08 Å². The van der Waals surface area contributed by atoms with Gasteiger partial charge in [0.05, 0.1) is 0 Å². The third-order valence-corrected chi connectivity index (χ3v) is 3.95. The van der Waals surface area contributed by atoms with Crippen molar-refractivity contribution in [3.05, 3.63) is 12.7 Å². The van der Waals surface area contributed by atoms with Crippen molar-refractivity contribution in [1.29, 1.82) is 0 Å². The Morgan fingerprint density at radius 1 is 1.50 bits per heavy atom. The topological polar surface area (TPSA) is 52.3 Å². The summed E-state index contributed by atoms with van der Waals surface area (Å²) in [7, 11) is 0. The van der Waals surface area contributed by atoms with Gasteiger partial charge in [0, 0.05) is 0 Å². The van der Waals surface area contributed by atoms with Crippen molar-refractivity contribution in [3.8, 4) is 0 Å². The van der Waals surface area contributed by atoms with E-state index in [1.807, 2.05) is 0 Å². The van der Waals surface area contributed by atoms with E-state index in [1.165, 1.54) is 6.42 Å². The van der Waals surface area contributed by atoms with Crippen LogP contribution in [0.1, 0.15) is 46.5 Å². The smallest absolute Gasteiger partial charge is 0.323 e. The number of hydrogen-bond acceptors (Lipinski definition) is 3. The number of esters is 1. The van der Waals surface area contributed by atoms with Crippen molar-refractivity contribution < 1.29 is 9.53 Å². The molecule has 2 N–H and O–H groups in total. The predicted octanol–water partition coefficient (Wildman–Crippen LogP) is 2.89. The SMILES string of the molecule is C=CCC(N)C(=O)OC1CC(C)CCC1C(C)C. The van der Waals surface area contributed by atoms with Gasteiger partial charge in [-0.1, -0.05) is 33.3 Å². The average molecular weight is 253 g/mol. The first kappa shape index (κ1) is 15.2. The molecule has 0 bridgehead atoms. The van der Waals surface area contributed by atoms with Crippen LogP contribution in [-0.2, 0) is 9.53 Å². The van der Waals surface area contributed by atoms with Crippen LogP contribution < -0.4 is 5.73 Å². The van der Waals surface area contributed by atoms with Crippen molar-refractivity contribution in [3.63, 3.8) is 0 Å². The Morgan fingerprint density at radius 2 is 2.17 bits per heavy atom. The Hall–Kier alpha value is -0.830. The molecule has 18 heavy (non-hydrogen) atoms. The minimum Gasteiger partial charge on any atom is -0.461 e. The van der Waals surface area contributed by atoms with Gasteiger partial charge in [-0.25, -0.2) is 0 Å². The molecule has 1 rings (SSSR count). The first-order valence-electron chi connectivity index (χ1n) is 7.02. The maximum absolute atomic E-state index is 11.9. The molecule has 0 aliphatic heterocycles. The fourth-order valence-electron chi connectivity index (χ4n) is 2.76. The predicted molar refractivity (Wildman–Crippen MR) is 74.0 cm³/mol. The van der Waals surface area contributed by atoms with Crippen LogP contribution in [0.5, 0.6) is 0 Å². The molecule has 0 aromatic carbocycles. The summed E-state index contributed by atoms with van der Waals surface area (Å²) in [6, 6.07) is -0.562. The fraction of sp³-hybridized carbons (Fsp3) is 0.800. The zero-order valence-electron chi connectivity index (χ0n) is 11.9. The van der Waals surface area contributed by atoms with E-state index >= 15 is 0 Å².